The van der Waals surface area contributed by atoms with E-state index in [1.54, 1.807) is 0 Å². The highest BCUT2D eigenvalue weighted by Crippen LogP contribution is 2.27. The molecule has 3 heteroatoms. The van der Waals surface area contributed by atoms with Gasteiger partial charge in [-0.3, -0.25) is 0 Å². The van der Waals surface area contributed by atoms with Gasteiger partial charge in [-0.1, -0.05) is 50.3 Å². The number of halogens is 1. The van der Waals surface area contributed by atoms with E-state index in [0.29, 0.717) is 5.92 Å². The predicted octanol–water partition coefficient (Wildman–Crippen LogP) is 4.37. The summed E-state index contributed by atoms with van der Waals surface area (Å²) in [6.07, 6.45) is 0. The van der Waals surface area contributed by atoms with Crippen molar-refractivity contribution in [2.24, 2.45) is 0 Å². The highest BCUT2D eigenvalue weighted by atomic mass is 35.5. The summed E-state index contributed by atoms with van der Waals surface area (Å²) in [7, 11) is -1.05. The van der Waals surface area contributed by atoms with Gasteiger partial charge in [0.05, 0.1) is 0 Å². The topological polar surface area (TPSA) is 12.0 Å². The maximum Gasteiger partial charge on any atom is 0.0449 e. The first kappa shape index (κ1) is 14.7. The van der Waals surface area contributed by atoms with Crippen LogP contribution in [0.4, 0.5) is 0 Å². The van der Waals surface area contributed by atoms with Crippen LogP contribution in [0.1, 0.15) is 18.4 Å². The number of hydrogen-bond acceptors (Lipinski definition) is 1. The van der Waals surface area contributed by atoms with Crippen LogP contribution in [0, 0.1) is 0 Å². The zero-order chi connectivity index (χ0) is 12.9. The van der Waals surface area contributed by atoms with E-state index in [-0.39, 0.29) is 0 Å². The van der Waals surface area contributed by atoms with Gasteiger partial charge in [0.25, 0.3) is 0 Å². The van der Waals surface area contributed by atoms with Crippen molar-refractivity contribution in [3.8, 4) is 0 Å². The van der Waals surface area contributed by atoms with Crippen LogP contribution in [0.5, 0.6) is 0 Å². The summed E-state index contributed by atoms with van der Waals surface area (Å²) < 4.78 is 0. The summed E-state index contributed by atoms with van der Waals surface area (Å²) in [5.41, 5.74) is 1.38. The van der Waals surface area contributed by atoms with Crippen LogP contribution in [-0.4, -0.2) is 21.2 Å². The molecule has 1 aromatic rings. The highest BCUT2D eigenvalue weighted by molar-refractivity contribution is 6.76. The third-order valence-electron chi connectivity index (χ3n) is 2.82. The monoisotopic (exact) mass is 269 g/mol. The fourth-order valence-electron chi connectivity index (χ4n) is 2.13. The molecule has 0 radical (unpaired) electrons. The average Bonchev–Trinajstić information content (AvgIpc) is 2.22. The predicted molar refractivity (Wildman–Crippen MR) is 80.9 cm³/mol. The molecule has 0 fully saturated rings. The molecule has 0 aromatic heterocycles. The van der Waals surface area contributed by atoms with Gasteiger partial charge in [0.1, 0.15) is 0 Å². The van der Waals surface area contributed by atoms with Gasteiger partial charge in [-0.15, -0.1) is 0 Å². The molecule has 0 aliphatic carbocycles. The van der Waals surface area contributed by atoms with Crippen LogP contribution in [0.2, 0.25) is 30.7 Å². The van der Waals surface area contributed by atoms with Crippen molar-refractivity contribution in [3.05, 3.63) is 34.9 Å². The fraction of sp³-hybridized carbons (Fsp3) is 0.571. The van der Waals surface area contributed by atoms with Crippen LogP contribution < -0.4 is 5.32 Å². The molecule has 0 saturated carbocycles. The van der Waals surface area contributed by atoms with Gasteiger partial charge in [0.2, 0.25) is 0 Å². The van der Waals surface area contributed by atoms with E-state index in [9.17, 15) is 0 Å². The van der Waals surface area contributed by atoms with Crippen molar-refractivity contribution >= 4 is 19.7 Å². The molecule has 0 aliphatic heterocycles. The molecule has 1 aromatic carbocycles. The molecule has 1 rings (SSSR count). The minimum Gasteiger partial charge on any atom is -0.316 e. The Morgan fingerprint density at radius 2 is 2.00 bits per heavy atom. The Hall–Kier alpha value is -0.313. The molecule has 1 N–H and O–H groups in total. The summed E-state index contributed by atoms with van der Waals surface area (Å²) in [6, 6.07) is 9.63. The average molecular weight is 270 g/mol. The number of likely N-dealkylation sites (N-methyl/N-ethyl adjacent to an activating group) is 1. The normalized spacial score (nSPS) is 13.7. The SMILES string of the molecule is CCNCC(C[Si](C)(C)C)c1cccc(Cl)c1. The molecular formula is C14H24ClNSi. The quantitative estimate of drug-likeness (QED) is 0.756. The van der Waals surface area contributed by atoms with Crippen LogP contribution in [0.3, 0.4) is 0 Å². The third kappa shape index (κ3) is 5.71. The van der Waals surface area contributed by atoms with Gasteiger partial charge in [0, 0.05) is 19.6 Å². The standard InChI is InChI=1S/C14H24ClNSi/c1-5-16-10-13(11-17(2,3)4)12-7-6-8-14(15)9-12/h6-9,13,16H,5,10-11H2,1-4H3. The van der Waals surface area contributed by atoms with Crippen molar-refractivity contribution in [1.29, 1.82) is 0 Å². The Morgan fingerprint density at radius 1 is 1.29 bits per heavy atom. The lowest BCUT2D eigenvalue weighted by atomic mass is 10.0. The minimum absolute atomic E-state index is 0.598. The molecule has 1 unspecified atom stereocenters. The van der Waals surface area contributed by atoms with Crippen LogP contribution in [0.25, 0.3) is 0 Å². The van der Waals surface area contributed by atoms with Gasteiger partial charge < -0.3 is 5.32 Å². The first-order chi connectivity index (χ1) is 7.92. The molecule has 0 heterocycles. The number of hydrogen-bond donors (Lipinski definition) is 1. The number of rotatable bonds is 6. The summed E-state index contributed by atoms with van der Waals surface area (Å²) in [4.78, 5) is 0. The maximum absolute atomic E-state index is 6.09. The molecule has 1 nitrogen and oxygen atoms in total. The zero-order valence-corrected chi connectivity index (χ0v) is 13.1. The summed E-state index contributed by atoms with van der Waals surface area (Å²) in [5, 5.41) is 4.31. The first-order valence-electron chi connectivity index (χ1n) is 6.38. The second-order valence-electron chi connectivity index (χ2n) is 5.82. The fourth-order valence-corrected chi connectivity index (χ4v) is 4.18. The second-order valence-corrected chi connectivity index (χ2v) is 11.8. The smallest absolute Gasteiger partial charge is 0.0449 e. The van der Waals surface area contributed by atoms with Crippen LogP contribution >= 0.6 is 11.6 Å². The molecule has 0 aliphatic rings. The highest BCUT2D eigenvalue weighted by Gasteiger charge is 2.21. The van der Waals surface area contributed by atoms with Gasteiger partial charge in [0.15, 0.2) is 0 Å². The second kappa shape index (κ2) is 6.57. The van der Waals surface area contributed by atoms with Crippen molar-refractivity contribution in [2.75, 3.05) is 13.1 Å². The van der Waals surface area contributed by atoms with Crippen molar-refractivity contribution < 1.29 is 0 Å². The summed E-state index contributed by atoms with van der Waals surface area (Å²) in [5.74, 6) is 0.598. The van der Waals surface area contributed by atoms with E-state index < -0.39 is 8.07 Å². The van der Waals surface area contributed by atoms with Gasteiger partial charge >= 0.3 is 0 Å². The van der Waals surface area contributed by atoms with E-state index >= 15 is 0 Å². The molecule has 96 valence electrons. The largest absolute Gasteiger partial charge is 0.316 e. The Labute approximate surface area is 112 Å². The summed E-state index contributed by atoms with van der Waals surface area (Å²) >= 11 is 6.09. The van der Waals surface area contributed by atoms with E-state index in [4.69, 9.17) is 11.6 Å². The van der Waals surface area contributed by atoms with Gasteiger partial charge in [-0.05, 0) is 36.2 Å². The Bertz CT molecular complexity index is 346. The van der Waals surface area contributed by atoms with E-state index in [1.807, 2.05) is 6.07 Å². The Kier molecular flexibility index (Phi) is 5.70. The maximum atomic E-state index is 6.09. The molecule has 17 heavy (non-hydrogen) atoms. The lowest BCUT2D eigenvalue weighted by Crippen LogP contribution is -2.29. The number of nitrogens with one attached hydrogen (secondary N) is 1. The van der Waals surface area contributed by atoms with Gasteiger partial charge in [-0.2, -0.15) is 0 Å². The minimum atomic E-state index is -1.05. The van der Waals surface area contributed by atoms with Crippen molar-refractivity contribution in [2.45, 2.75) is 38.5 Å². The van der Waals surface area contributed by atoms with Crippen LogP contribution in [0.15, 0.2) is 24.3 Å². The Morgan fingerprint density at radius 3 is 2.53 bits per heavy atom. The van der Waals surface area contributed by atoms with Gasteiger partial charge in [-0.25, -0.2) is 0 Å². The van der Waals surface area contributed by atoms with E-state index in [0.717, 1.165) is 18.1 Å². The lowest BCUT2D eigenvalue weighted by Gasteiger charge is -2.25. The Balaban J connectivity index is 2.81. The molecule has 1 atom stereocenters. The van der Waals surface area contributed by atoms with Crippen LogP contribution in [-0.2, 0) is 0 Å². The molecule has 0 spiro atoms. The molecule has 0 amide bonds. The molecule has 0 bridgehead atoms. The molecule has 0 saturated heterocycles. The van der Waals surface area contributed by atoms with Crippen molar-refractivity contribution in [1.82, 2.24) is 5.32 Å². The van der Waals surface area contributed by atoms with E-state index in [1.165, 1.54) is 11.6 Å². The third-order valence-corrected chi connectivity index (χ3v) is 4.77. The summed E-state index contributed by atoms with van der Waals surface area (Å²) in [6.45, 7) is 11.5. The van der Waals surface area contributed by atoms with E-state index in [2.05, 4.69) is 50.1 Å². The lowest BCUT2D eigenvalue weighted by molar-refractivity contribution is 0.629. The first-order valence-corrected chi connectivity index (χ1v) is 10.5. The zero-order valence-electron chi connectivity index (χ0n) is 11.4. The number of benzene rings is 1. The molecular weight excluding hydrogens is 246 g/mol. The van der Waals surface area contributed by atoms with Crippen molar-refractivity contribution in [3.63, 3.8) is 0 Å².